The van der Waals surface area contributed by atoms with Crippen molar-refractivity contribution < 1.29 is 0 Å². The van der Waals surface area contributed by atoms with Crippen molar-refractivity contribution >= 4 is 0 Å². The molecule has 5 aliphatic carbocycles. The van der Waals surface area contributed by atoms with Gasteiger partial charge in [-0.1, -0.05) is 121 Å². The molecule has 0 unspecified atom stereocenters. The summed E-state index contributed by atoms with van der Waals surface area (Å²) in [5, 5.41) is 9.42. The Kier molecular flexibility index (Phi) is 7.07. The average Bonchev–Trinajstić information content (AvgIpc) is 3.52. The average molecular weight is 695 g/mol. The van der Waals surface area contributed by atoms with Crippen LogP contribution in [0.4, 0.5) is 0 Å². The van der Waals surface area contributed by atoms with Gasteiger partial charge in [-0.3, -0.25) is 0 Å². The first kappa shape index (κ1) is 31.4. The van der Waals surface area contributed by atoms with E-state index in [1.165, 1.54) is 59.9 Å². The minimum Gasteiger partial charge on any atom is -0.208 e. The summed E-state index contributed by atoms with van der Waals surface area (Å²) in [4.78, 5) is 14.8. The van der Waals surface area contributed by atoms with Gasteiger partial charge in [0.2, 0.25) is 0 Å². The lowest BCUT2D eigenvalue weighted by atomic mass is 9.43. The third-order valence-corrected chi connectivity index (χ3v) is 13.2. The number of fused-ring (bicyclic) bond motifs is 3. The normalized spacial score (nSPS) is 22.9. The lowest BCUT2D eigenvalue weighted by Gasteiger charge is -2.61. The van der Waals surface area contributed by atoms with Crippen LogP contribution in [0.2, 0.25) is 0 Å². The van der Waals surface area contributed by atoms with E-state index in [1.807, 2.05) is 72.8 Å². The van der Waals surface area contributed by atoms with Crippen LogP contribution in [0.25, 0.3) is 67.5 Å². The van der Waals surface area contributed by atoms with E-state index in [2.05, 4.69) is 78.9 Å². The van der Waals surface area contributed by atoms with E-state index in [-0.39, 0.29) is 5.41 Å². The summed E-state index contributed by atoms with van der Waals surface area (Å²) >= 11 is 0. The monoisotopic (exact) mass is 694 g/mol. The Morgan fingerprint density at radius 1 is 0.426 bits per heavy atom. The van der Waals surface area contributed by atoms with Crippen LogP contribution in [0.3, 0.4) is 0 Å². The molecule has 258 valence electrons. The summed E-state index contributed by atoms with van der Waals surface area (Å²) in [5.74, 6) is 5.22. The standard InChI is InChI=1S/C50H38N4/c51-30-31-11-13-34(14-12-31)39-19-21-45-43(28-39)44-29-40(20-22-46(44)50(45)41-24-32-23-33(26-41)27-42(50)25-32)35-15-17-38(18-16-35)49-53-47(36-7-3-1-4-8-36)52-48(54-49)37-9-5-2-6-10-37/h1-22,28-29,32-33,41-42H,23-27H2. The molecule has 6 aromatic carbocycles. The van der Waals surface area contributed by atoms with E-state index in [1.54, 1.807) is 11.1 Å². The fourth-order valence-corrected chi connectivity index (χ4v) is 11.1. The quantitative estimate of drug-likeness (QED) is 0.180. The predicted octanol–water partition coefficient (Wildman–Crippen LogP) is 11.8. The Balaban J connectivity index is 1.01. The molecule has 0 radical (unpaired) electrons. The molecule has 0 amide bonds. The first-order valence-electron chi connectivity index (χ1n) is 19.4. The summed E-state index contributed by atoms with van der Waals surface area (Å²) in [6.07, 6.45) is 6.90. The van der Waals surface area contributed by atoms with Gasteiger partial charge >= 0.3 is 0 Å². The molecule has 5 aliphatic rings. The zero-order valence-electron chi connectivity index (χ0n) is 30.0. The molecule has 0 N–H and O–H groups in total. The first-order chi connectivity index (χ1) is 26.6. The minimum atomic E-state index is 0.106. The number of rotatable bonds is 5. The summed E-state index contributed by atoms with van der Waals surface area (Å²) in [5.41, 5.74) is 14.3. The summed E-state index contributed by atoms with van der Waals surface area (Å²) in [7, 11) is 0. The second kappa shape index (κ2) is 12.2. The maximum Gasteiger partial charge on any atom is 0.164 e. The van der Waals surface area contributed by atoms with Crippen molar-refractivity contribution in [3.8, 4) is 73.6 Å². The van der Waals surface area contributed by atoms with Crippen molar-refractivity contribution in [2.45, 2.75) is 37.5 Å². The lowest BCUT2D eigenvalue weighted by molar-refractivity contribution is -0.0399. The van der Waals surface area contributed by atoms with Crippen molar-refractivity contribution in [2.75, 3.05) is 0 Å². The topological polar surface area (TPSA) is 62.5 Å². The largest absolute Gasteiger partial charge is 0.208 e. The van der Waals surface area contributed by atoms with Gasteiger partial charge in [-0.05, 0) is 125 Å². The van der Waals surface area contributed by atoms with Crippen molar-refractivity contribution in [1.82, 2.24) is 15.0 Å². The van der Waals surface area contributed by atoms with Gasteiger partial charge in [0, 0.05) is 22.1 Å². The van der Waals surface area contributed by atoms with E-state index >= 15 is 0 Å². The van der Waals surface area contributed by atoms with Crippen molar-refractivity contribution in [1.29, 1.82) is 5.26 Å². The molecular weight excluding hydrogens is 657 g/mol. The second-order valence-electron chi connectivity index (χ2n) is 16.0. The number of nitriles is 1. The van der Waals surface area contributed by atoms with Crippen LogP contribution >= 0.6 is 0 Å². The van der Waals surface area contributed by atoms with E-state index < -0.39 is 0 Å². The van der Waals surface area contributed by atoms with Crippen LogP contribution in [0, 0.1) is 35.0 Å². The van der Waals surface area contributed by atoms with Crippen molar-refractivity contribution in [3.63, 3.8) is 0 Å². The molecule has 54 heavy (non-hydrogen) atoms. The van der Waals surface area contributed by atoms with Crippen LogP contribution in [-0.2, 0) is 5.41 Å². The molecule has 4 bridgehead atoms. The van der Waals surface area contributed by atoms with Gasteiger partial charge in [-0.2, -0.15) is 5.26 Å². The predicted molar refractivity (Wildman–Crippen MR) is 215 cm³/mol. The highest BCUT2D eigenvalue weighted by molar-refractivity contribution is 5.88. The van der Waals surface area contributed by atoms with Crippen LogP contribution < -0.4 is 0 Å². The highest BCUT2D eigenvalue weighted by atomic mass is 15.0. The van der Waals surface area contributed by atoms with Gasteiger partial charge in [-0.15, -0.1) is 0 Å². The molecular formula is C50H38N4. The fraction of sp³-hybridized carbons (Fsp3) is 0.200. The van der Waals surface area contributed by atoms with Crippen molar-refractivity contribution in [2.24, 2.45) is 23.7 Å². The Morgan fingerprint density at radius 3 is 1.26 bits per heavy atom. The summed E-state index contributed by atoms with van der Waals surface area (Å²) in [6.45, 7) is 0. The van der Waals surface area contributed by atoms with E-state index in [0.717, 1.165) is 34.1 Å². The molecule has 4 fully saturated rings. The molecule has 0 atom stereocenters. The Bertz CT molecular complexity index is 2520. The number of nitrogens with zero attached hydrogens (tertiary/aromatic N) is 4. The Morgan fingerprint density at radius 2 is 0.815 bits per heavy atom. The molecule has 1 heterocycles. The zero-order valence-corrected chi connectivity index (χ0v) is 30.0. The molecule has 1 aromatic heterocycles. The maximum atomic E-state index is 9.42. The van der Waals surface area contributed by atoms with Gasteiger partial charge in [0.05, 0.1) is 11.6 Å². The first-order valence-corrected chi connectivity index (χ1v) is 19.4. The molecule has 0 saturated heterocycles. The SMILES string of the molecule is N#Cc1ccc(-c2ccc3c(c2)-c2cc(-c4ccc(-c5nc(-c6ccccc6)nc(-c6ccccc6)n5)cc4)ccc2C32C3CC4CC(C3)CC2C4)cc1. The third kappa shape index (κ3) is 4.85. The van der Waals surface area contributed by atoms with E-state index in [0.29, 0.717) is 34.9 Å². The van der Waals surface area contributed by atoms with Crippen molar-refractivity contribution in [3.05, 3.63) is 162 Å². The Hall–Kier alpha value is -6.18. The van der Waals surface area contributed by atoms with E-state index in [4.69, 9.17) is 15.0 Å². The fourth-order valence-electron chi connectivity index (χ4n) is 11.1. The second-order valence-corrected chi connectivity index (χ2v) is 16.0. The van der Waals surface area contributed by atoms with Gasteiger partial charge in [0.1, 0.15) is 0 Å². The molecule has 4 heteroatoms. The zero-order chi connectivity index (χ0) is 35.8. The molecule has 7 aromatic rings. The third-order valence-electron chi connectivity index (χ3n) is 13.2. The van der Waals surface area contributed by atoms with Crippen LogP contribution in [0.15, 0.2) is 146 Å². The number of aromatic nitrogens is 3. The molecule has 12 rings (SSSR count). The van der Waals surface area contributed by atoms with Crippen LogP contribution in [-0.4, -0.2) is 15.0 Å². The highest BCUT2D eigenvalue weighted by Crippen LogP contribution is 2.69. The summed E-state index contributed by atoms with van der Waals surface area (Å²) < 4.78 is 0. The maximum absolute atomic E-state index is 9.42. The molecule has 4 nitrogen and oxygen atoms in total. The number of benzene rings is 6. The Labute approximate surface area is 316 Å². The van der Waals surface area contributed by atoms with Crippen LogP contribution in [0.1, 0.15) is 48.8 Å². The molecule has 0 aliphatic heterocycles. The number of hydrogen-bond acceptors (Lipinski definition) is 4. The summed E-state index contributed by atoms with van der Waals surface area (Å²) in [6, 6.07) is 53.9. The van der Waals surface area contributed by atoms with Gasteiger partial charge in [0.25, 0.3) is 0 Å². The van der Waals surface area contributed by atoms with Crippen LogP contribution in [0.5, 0.6) is 0 Å². The number of hydrogen-bond donors (Lipinski definition) is 0. The van der Waals surface area contributed by atoms with Gasteiger partial charge in [-0.25, -0.2) is 15.0 Å². The van der Waals surface area contributed by atoms with Gasteiger partial charge < -0.3 is 0 Å². The molecule has 4 saturated carbocycles. The smallest absolute Gasteiger partial charge is 0.164 e. The molecule has 1 spiro atoms. The van der Waals surface area contributed by atoms with E-state index in [9.17, 15) is 5.26 Å². The minimum absolute atomic E-state index is 0.106. The van der Waals surface area contributed by atoms with Gasteiger partial charge in [0.15, 0.2) is 17.5 Å². The lowest BCUT2D eigenvalue weighted by Crippen LogP contribution is -2.55. The highest BCUT2D eigenvalue weighted by Gasteiger charge is 2.61.